The molecule has 1 aliphatic carbocycles. The van der Waals surface area contributed by atoms with Crippen molar-refractivity contribution in [3.05, 3.63) is 162 Å². The Bertz CT molecular complexity index is 2810. The lowest BCUT2D eigenvalue weighted by Gasteiger charge is -2.31. The van der Waals surface area contributed by atoms with Gasteiger partial charge in [0.15, 0.2) is 11.4 Å². The van der Waals surface area contributed by atoms with Gasteiger partial charge in [0.05, 0.1) is 28.3 Å². The summed E-state index contributed by atoms with van der Waals surface area (Å²) in [5.74, 6) is 0.848. The summed E-state index contributed by atoms with van der Waals surface area (Å²) >= 11 is 0. The number of aromatic nitrogens is 3. The molecule has 2 aliphatic rings. The van der Waals surface area contributed by atoms with Crippen LogP contribution in [0.2, 0.25) is 0 Å². The molecule has 4 heterocycles. The molecule has 6 aromatic carbocycles. The van der Waals surface area contributed by atoms with Crippen molar-refractivity contribution in [2.45, 2.75) is 12.5 Å². The third kappa shape index (κ3) is 3.75. The Balaban J connectivity index is 1.21. The molecule has 1 unspecified atom stereocenters. The SMILES string of the molecule is C1=C2c3ccc4c(oc5ccccc54)c3N(c3ccccc3)C2Cc2c1c1ccccc1n2-c1nc2ccccc2nc1-c1ccccc1. The molecule has 0 bridgehead atoms. The van der Waals surface area contributed by atoms with Gasteiger partial charge in [-0.2, -0.15) is 0 Å². The van der Waals surface area contributed by atoms with Crippen LogP contribution >= 0.6 is 0 Å². The summed E-state index contributed by atoms with van der Waals surface area (Å²) in [5.41, 5.74) is 13.9. The van der Waals surface area contributed by atoms with Gasteiger partial charge in [-0.1, -0.05) is 103 Å². The van der Waals surface area contributed by atoms with Crippen molar-refractivity contribution in [3.8, 4) is 17.1 Å². The quantitative estimate of drug-likeness (QED) is 0.195. The third-order valence-corrected chi connectivity index (χ3v) is 10.3. The average Bonchev–Trinajstić information content (AvgIpc) is 3.81. The maximum Gasteiger partial charge on any atom is 0.164 e. The molecule has 1 aliphatic heterocycles. The summed E-state index contributed by atoms with van der Waals surface area (Å²) in [7, 11) is 0. The van der Waals surface area contributed by atoms with Crippen molar-refractivity contribution in [1.29, 1.82) is 0 Å². The molecular formula is C44H28N4O. The maximum absolute atomic E-state index is 6.69. The van der Waals surface area contributed by atoms with Crippen molar-refractivity contribution in [2.24, 2.45) is 0 Å². The van der Waals surface area contributed by atoms with E-state index in [1.807, 2.05) is 30.3 Å². The Kier molecular flexibility index (Phi) is 5.44. The highest BCUT2D eigenvalue weighted by Gasteiger charge is 2.41. The topological polar surface area (TPSA) is 47.1 Å². The van der Waals surface area contributed by atoms with Gasteiger partial charge in [-0.15, -0.1) is 0 Å². The lowest BCUT2D eigenvalue weighted by atomic mass is 9.89. The van der Waals surface area contributed by atoms with Gasteiger partial charge >= 0.3 is 0 Å². The molecule has 5 nitrogen and oxygen atoms in total. The van der Waals surface area contributed by atoms with E-state index in [1.165, 1.54) is 27.8 Å². The van der Waals surface area contributed by atoms with Crippen molar-refractivity contribution in [1.82, 2.24) is 14.5 Å². The van der Waals surface area contributed by atoms with Crippen LogP contribution in [0, 0.1) is 0 Å². The predicted molar refractivity (Wildman–Crippen MR) is 199 cm³/mol. The molecule has 3 aromatic heterocycles. The maximum atomic E-state index is 6.69. The lowest BCUT2D eigenvalue weighted by molar-refractivity contribution is 0.666. The summed E-state index contributed by atoms with van der Waals surface area (Å²) in [4.78, 5) is 13.1. The van der Waals surface area contributed by atoms with Crippen molar-refractivity contribution >= 4 is 66.9 Å². The van der Waals surface area contributed by atoms with Gasteiger partial charge in [0.25, 0.3) is 0 Å². The Morgan fingerprint density at radius 3 is 2.14 bits per heavy atom. The molecule has 9 aromatic rings. The average molecular weight is 629 g/mol. The minimum atomic E-state index is 0.0559. The van der Waals surface area contributed by atoms with Crippen LogP contribution in [0.25, 0.3) is 72.6 Å². The minimum Gasteiger partial charge on any atom is -0.454 e. The molecule has 1 atom stereocenters. The fourth-order valence-electron chi connectivity index (χ4n) is 8.19. The predicted octanol–water partition coefficient (Wildman–Crippen LogP) is 10.8. The summed E-state index contributed by atoms with van der Waals surface area (Å²) in [6, 6.07) is 51.0. The zero-order chi connectivity index (χ0) is 32.1. The summed E-state index contributed by atoms with van der Waals surface area (Å²) in [6.45, 7) is 0. The van der Waals surface area contributed by atoms with Crippen LogP contribution in [-0.4, -0.2) is 20.6 Å². The lowest BCUT2D eigenvalue weighted by Crippen LogP contribution is -2.31. The van der Waals surface area contributed by atoms with E-state index in [1.54, 1.807) is 0 Å². The summed E-state index contributed by atoms with van der Waals surface area (Å²) in [6.07, 6.45) is 3.21. The first kappa shape index (κ1) is 26.6. The number of benzene rings is 6. The zero-order valence-corrected chi connectivity index (χ0v) is 26.4. The normalized spacial score (nSPS) is 15.1. The second-order valence-electron chi connectivity index (χ2n) is 12.9. The van der Waals surface area contributed by atoms with Crippen LogP contribution in [0.4, 0.5) is 11.4 Å². The zero-order valence-electron chi connectivity index (χ0n) is 26.4. The highest BCUT2D eigenvalue weighted by molar-refractivity contribution is 6.16. The van der Waals surface area contributed by atoms with Crippen LogP contribution in [0.5, 0.6) is 0 Å². The van der Waals surface area contributed by atoms with Crippen LogP contribution < -0.4 is 4.90 Å². The minimum absolute atomic E-state index is 0.0559. The van der Waals surface area contributed by atoms with E-state index in [4.69, 9.17) is 14.4 Å². The van der Waals surface area contributed by atoms with E-state index in [2.05, 4.69) is 131 Å². The van der Waals surface area contributed by atoms with Gasteiger partial charge in [-0.25, -0.2) is 9.97 Å². The van der Waals surface area contributed by atoms with Gasteiger partial charge in [0.1, 0.15) is 11.3 Å². The monoisotopic (exact) mass is 628 g/mol. The molecule has 49 heavy (non-hydrogen) atoms. The Morgan fingerprint density at radius 1 is 0.612 bits per heavy atom. The van der Waals surface area contributed by atoms with Crippen molar-refractivity contribution < 1.29 is 4.42 Å². The number of furan rings is 1. The second kappa shape index (κ2) is 10.0. The van der Waals surface area contributed by atoms with Gasteiger partial charge in [0.2, 0.25) is 0 Å². The smallest absolute Gasteiger partial charge is 0.164 e. The first-order valence-corrected chi connectivity index (χ1v) is 16.8. The number of rotatable bonds is 3. The molecule has 11 rings (SSSR count). The second-order valence-corrected chi connectivity index (χ2v) is 12.9. The number of para-hydroxylation sites is 5. The number of fused-ring (bicyclic) bond motifs is 11. The van der Waals surface area contributed by atoms with E-state index < -0.39 is 0 Å². The number of nitrogens with zero attached hydrogens (tertiary/aromatic N) is 4. The molecule has 0 amide bonds. The molecule has 0 saturated heterocycles. The molecular weight excluding hydrogens is 601 g/mol. The van der Waals surface area contributed by atoms with Gasteiger partial charge in [-0.3, -0.25) is 4.57 Å². The molecule has 0 N–H and O–H groups in total. The molecule has 230 valence electrons. The van der Waals surface area contributed by atoms with Crippen LogP contribution in [-0.2, 0) is 6.42 Å². The molecule has 0 saturated carbocycles. The Hall–Kier alpha value is -6.46. The molecule has 5 heteroatoms. The Morgan fingerprint density at radius 2 is 1.31 bits per heavy atom. The third-order valence-electron chi connectivity index (χ3n) is 10.3. The highest BCUT2D eigenvalue weighted by Crippen LogP contribution is 2.54. The van der Waals surface area contributed by atoms with E-state index in [9.17, 15) is 0 Å². The molecule has 0 spiro atoms. The number of hydrogen-bond acceptors (Lipinski definition) is 4. The first-order chi connectivity index (χ1) is 24.3. The van der Waals surface area contributed by atoms with Gasteiger partial charge in [0, 0.05) is 50.7 Å². The number of hydrogen-bond donors (Lipinski definition) is 0. The van der Waals surface area contributed by atoms with E-state index in [0.29, 0.717) is 0 Å². The summed E-state index contributed by atoms with van der Waals surface area (Å²) in [5, 5.41) is 3.49. The van der Waals surface area contributed by atoms with E-state index in [0.717, 1.165) is 73.4 Å². The van der Waals surface area contributed by atoms with Crippen LogP contribution in [0.3, 0.4) is 0 Å². The standard InChI is InChI=1S/C44H28N4O/c1-3-13-27(14-4-1)41-44(46-36-20-10-9-19-35(36)45-41)48-37-21-11-7-17-29(37)33-25-34-31-23-24-32-30-18-8-12-22-40(30)49-43(32)42(31)47(38(34)26-39(33)48)28-15-5-2-6-16-28/h1-25,38H,26H2. The van der Waals surface area contributed by atoms with Crippen molar-refractivity contribution in [3.63, 3.8) is 0 Å². The Labute approximate surface area is 282 Å². The largest absolute Gasteiger partial charge is 0.454 e. The van der Waals surface area contributed by atoms with Crippen molar-refractivity contribution in [2.75, 3.05) is 4.90 Å². The van der Waals surface area contributed by atoms with Gasteiger partial charge < -0.3 is 9.32 Å². The van der Waals surface area contributed by atoms with E-state index >= 15 is 0 Å². The van der Waals surface area contributed by atoms with E-state index in [-0.39, 0.29) is 6.04 Å². The highest BCUT2D eigenvalue weighted by atomic mass is 16.3. The molecule has 0 radical (unpaired) electrons. The number of anilines is 2. The van der Waals surface area contributed by atoms with Gasteiger partial charge in [-0.05, 0) is 54.1 Å². The summed E-state index contributed by atoms with van der Waals surface area (Å²) < 4.78 is 9.07. The molecule has 0 fully saturated rings. The van der Waals surface area contributed by atoms with Crippen LogP contribution in [0.1, 0.15) is 16.8 Å². The fourth-order valence-corrected chi connectivity index (χ4v) is 8.19. The fraction of sp³-hybridized carbons (Fsp3) is 0.0455. The van der Waals surface area contributed by atoms with Crippen LogP contribution in [0.15, 0.2) is 150 Å². The first-order valence-electron chi connectivity index (χ1n) is 16.8.